The van der Waals surface area contributed by atoms with E-state index in [-0.39, 0.29) is 32.8 Å². The third-order valence-electron chi connectivity index (χ3n) is 6.66. The summed E-state index contributed by atoms with van der Waals surface area (Å²) in [6.07, 6.45) is 7.13. The first kappa shape index (κ1) is 21.1. The van der Waals surface area contributed by atoms with Crippen LogP contribution < -0.4 is 10.1 Å². The van der Waals surface area contributed by atoms with Crippen LogP contribution in [-0.2, 0) is 14.3 Å². The van der Waals surface area contributed by atoms with Crippen molar-refractivity contribution in [3.8, 4) is 5.75 Å². The minimum Gasteiger partial charge on any atom is -0.494 e. The van der Waals surface area contributed by atoms with Gasteiger partial charge in [-0.3, -0.25) is 19.7 Å². The van der Waals surface area contributed by atoms with Crippen LogP contribution in [-0.4, -0.2) is 34.8 Å². The number of anilines is 1. The number of nitro benzene ring substituents is 1. The van der Waals surface area contributed by atoms with Crippen molar-refractivity contribution in [1.29, 1.82) is 0 Å². The third-order valence-corrected chi connectivity index (χ3v) is 7.59. The number of non-ortho nitro benzene ring substituents is 1. The highest BCUT2D eigenvalue weighted by atomic mass is 79.9. The van der Waals surface area contributed by atoms with Crippen molar-refractivity contribution in [3.05, 3.63) is 28.3 Å². The van der Waals surface area contributed by atoms with Gasteiger partial charge in [0.1, 0.15) is 5.75 Å². The van der Waals surface area contributed by atoms with Gasteiger partial charge in [0.15, 0.2) is 6.61 Å². The molecule has 1 aromatic rings. The molecule has 2 atom stereocenters. The summed E-state index contributed by atoms with van der Waals surface area (Å²) in [5, 5.41) is 13.4. The summed E-state index contributed by atoms with van der Waals surface area (Å²) in [5.74, 6) is 0.657. The van der Waals surface area contributed by atoms with Crippen LogP contribution in [0.4, 0.5) is 11.4 Å². The first-order chi connectivity index (χ1) is 14.2. The van der Waals surface area contributed by atoms with Crippen LogP contribution in [0.25, 0.3) is 0 Å². The van der Waals surface area contributed by atoms with Crippen LogP contribution in [0.2, 0.25) is 0 Å². The molecule has 0 aromatic heterocycles. The van der Waals surface area contributed by atoms with E-state index < -0.39 is 17.4 Å². The molecule has 1 N–H and O–H groups in total. The zero-order valence-electron chi connectivity index (χ0n) is 16.8. The average molecular weight is 481 g/mol. The molecule has 4 fully saturated rings. The molecule has 8 nitrogen and oxygen atoms in total. The summed E-state index contributed by atoms with van der Waals surface area (Å²) < 4.78 is 10.5. The molecule has 0 radical (unpaired) electrons. The Hall–Kier alpha value is -2.16. The SMILES string of the molecule is COc1cc([N+](=O)[O-])ccc1NC(=O)COC(=O)CC12CC3CC(CC(Br)(C3)C1)C2. The van der Waals surface area contributed by atoms with E-state index in [1.807, 2.05) is 0 Å². The van der Waals surface area contributed by atoms with E-state index in [1.54, 1.807) is 0 Å². The number of halogens is 1. The molecule has 4 aliphatic carbocycles. The van der Waals surface area contributed by atoms with Gasteiger partial charge in [0.25, 0.3) is 11.6 Å². The fraction of sp³-hybridized carbons (Fsp3) is 0.619. The van der Waals surface area contributed by atoms with E-state index in [0.29, 0.717) is 18.3 Å². The Morgan fingerprint density at radius 2 is 1.97 bits per heavy atom. The molecule has 0 spiro atoms. The number of nitrogens with one attached hydrogen (secondary N) is 1. The lowest BCUT2D eigenvalue weighted by atomic mass is 9.49. The Labute approximate surface area is 183 Å². The Morgan fingerprint density at radius 3 is 2.57 bits per heavy atom. The summed E-state index contributed by atoms with van der Waals surface area (Å²) in [5.41, 5.74) is 0.130. The number of esters is 1. The van der Waals surface area contributed by atoms with Crippen molar-refractivity contribution in [1.82, 2.24) is 0 Å². The summed E-state index contributed by atoms with van der Waals surface area (Å²) in [4.78, 5) is 35.1. The second-order valence-electron chi connectivity index (χ2n) is 9.14. The van der Waals surface area contributed by atoms with Gasteiger partial charge in [-0.25, -0.2) is 0 Å². The van der Waals surface area contributed by atoms with Gasteiger partial charge in [-0.05, 0) is 61.8 Å². The molecule has 30 heavy (non-hydrogen) atoms. The quantitative estimate of drug-likeness (QED) is 0.271. The monoisotopic (exact) mass is 480 g/mol. The van der Waals surface area contributed by atoms with Crippen LogP contribution in [0.5, 0.6) is 5.75 Å². The van der Waals surface area contributed by atoms with Crippen molar-refractivity contribution in [3.63, 3.8) is 0 Å². The number of rotatable bonds is 7. The lowest BCUT2D eigenvalue weighted by Gasteiger charge is -2.60. The number of nitro groups is 1. The molecule has 9 heteroatoms. The molecule has 1 aromatic carbocycles. The summed E-state index contributed by atoms with van der Waals surface area (Å²) in [7, 11) is 1.36. The molecular formula is C21H25BrN2O6. The Balaban J connectivity index is 1.31. The van der Waals surface area contributed by atoms with E-state index in [1.165, 1.54) is 44.6 Å². The number of benzene rings is 1. The molecule has 1 amide bonds. The normalized spacial score (nSPS) is 31.3. The van der Waals surface area contributed by atoms with Crippen LogP contribution >= 0.6 is 15.9 Å². The Morgan fingerprint density at radius 1 is 1.27 bits per heavy atom. The van der Waals surface area contributed by atoms with E-state index in [2.05, 4.69) is 21.2 Å². The van der Waals surface area contributed by atoms with E-state index >= 15 is 0 Å². The van der Waals surface area contributed by atoms with Crippen molar-refractivity contribution < 1.29 is 24.0 Å². The summed E-state index contributed by atoms with van der Waals surface area (Å²) >= 11 is 3.94. The molecule has 0 aliphatic heterocycles. The van der Waals surface area contributed by atoms with Crippen LogP contribution in [0.1, 0.15) is 44.9 Å². The maximum atomic E-state index is 12.5. The lowest BCUT2D eigenvalue weighted by molar-refractivity contribution is -0.384. The summed E-state index contributed by atoms with van der Waals surface area (Å²) in [6.45, 7) is -0.401. The maximum absolute atomic E-state index is 12.5. The largest absolute Gasteiger partial charge is 0.494 e. The lowest BCUT2D eigenvalue weighted by Crippen LogP contribution is -2.53. The second-order valence-corrected chi connectivity index (χ2v) is 10.8. The van der Waals surface area contributed by atoms with Gasteiger partial charge in [-0.2, -0.15) is 0 Å². The number of hydrogen-bond donors (Lipinski definition) is 1. The summed E-state index contributed by atoms with van der Waals surface area (Å²) in [6, 6.07) is 3.89. The number of nitrogens with zero attached hydrogens (tertiary/aromatic N) is 1. The highest BCUT2D eigenvalue weighted by Crippen LogP contribution is 2.65. The average Bonchev–Trinajstić information content (AvgIpc) is 2.64. The minimum atomic E-state index is -0.544. The van der Waals surface area contributed by atoms with Crippen LogP contribution in [0.3, 0.4) is 0 Å². The predicted molar refractivity (Wildman–Crippen MR) is 113 cm³/mol. The Kier molecular flexibility index (Phi) is 5.50. The van der Waals surface area contributed by atoms with Gasteiger partial charge in [-0.15, -0.1) is 0 Å². The molecule has 4 bridgehead atoms. The van der Waals surface area contributed by atoms with Crippen molar-refractivity contribution >= 4 is 39.2 Å². The number of ether oxygens (including phenoxy) is 2. The Bertz CT molecular complexity index is 874. The predicted octanol–water partition coefficient (Wildman–Crippen LogP) is 4.21. The van der Waals surface area contributed by atoms with Crippen LogP contribution in [0, 0.1) is 27.4 Å². The number of alkyl halides is 1. The van der Waals surface area contributed by atoms with Gasteiger partial charge in [-0.1, -0.05) is 15.9 Å². The number of carbonyl (C=O) groups is 2. The molecular weight excluding hydrogens is 456 g/mol. The van der Waals surface area contributed by atoms with E-state index in [4.69, 9.17) is 9.47 Å². The first-order valence-electron chi connectivity index (χ1n) is 10.2. The molecule has 4 saturated carbocycles. The highest BCUT2D eigenvalue weighted by molar-refractivity contribution is 9.10. The third kappa shape index (κ3) is 4.31. The fourth-order valence-electron chi connectivity index (χ4n) is 6.13. The van der Waals surface area contributed by atoms with Gasteiger partial charge in [0.2, 0.25) is 0 Å². The molecule has 4 aliphatic rings. The topological polar surface area (TPSA) is 108 Å². The van der Waals surface area contributed by atoms with E-state index in [9.17, 15) is 19.7 Å². The van der Waals surface area contributed by atoms with Gasteiger partial charge in [0, 0.05) is 10.4 Å². The van der Waals surface area contributed by atoms with Crippen molar-refractivity contribution in [2.75, 3.05) is 19.0 Å². The minimum absolute atomic E-state index is 0.0112. The molecule has 0 heterocycles. The fourth-order valence-corrected chi connectivity index (χ4v) is 7.64. The highest BCUT2D eigenvalue weighted by Gasteiger charge is 2.57. The number of methoxy groups -OCH3 is 1. The number of amides is 1. The van der Waals surface area contributed by atoms with Gasteiger partial charge in [0.05, 0.1) is 30.2 Å². The van der Waals surface area contributed by atoms with Gasteiger partial charge >= 0.3 is 5.97 Å². The second kappa shape index (κ2) is 7.83. The van der Waals surface area contributed by atoms with Crippen LogP contribution in [0.15, 0.2) is 18.2 Å². The van der Waals surface area contributed by atoms with Gasteiger partial charge < -0.3 is 14.8 Å². The molecule has 5 rings (SSSR count). The molecule has 162 valence electrons. The van der Waals surface area contributed by atoms with Crippen molar-refractivity contribution in [2.24, 2.45) is 17.3 Å². The molecule has 0 saturated heterocycles. The number of carbonyl (C=O) groups excluding carboxylic acids is 2. The molecule has 2 unspecified atom stereocenters. The van der Waals surface area contributed by atoms with E-state index in [0.717, 1.165) is 19.3 Å². The van der Waals surface area contributed by atoms with Crippen molar-refractivity contribution in [2.45, 2.75) is 49.3 Å². The zero-order chi connectivity index (χ0) is 21.5. The number of hydrogen-bond acceptors (Lipinski definition) is 6. The smallest absolute Gasteiger partial charge is 0.306 e. The first-order valence-corrected chi connectivity index (χ1v) is 11.0. The standard InChI is InChI=1S/C21H25BrN2O6/c1-29-17-5-15(24(27)28)2-3-16(17)23-18(25)11-30-19(26)10-20-6-13-4-14(7-20)9-21(22,8-13)12-20/h2-3,5,13-14H,4,6-12H2,1H3,(H,23,25). The zero-order valence-corrected chi connectivity index (χ0v) is 18.4. The maximum Gasteiger partial charge on any atom is 0.306 e.